The fourth-order valence-corrected chi connectivity index (χ4v) is 9.65. The van der Waals surface area contributed by atoms with Crippen LogP contribution in [0.1, 0.15) is 81.8 Å². The predicted molar refractivity (Wildman–Crippen MR) is 188 cm³/mol. The summed E-state index contributed by atoms with van der Waals surface area (Å²) in [6, 6.07) is 4.67. The van der Waals surface area contributed by atoms with E-state index in [0.717, 1.165) is 44.1 Å². The van der Waals surface area contributed by atoms with E-state index in [2.05, 4.69) is 17.6 Å². The Morgan fingerprint density at radius 3 is 2.47 bits per heavy atom. The van der Waals surface area contributed by atoms with E-state index in [4.69, 9.17) is 29.2 Å². The minimum absolute atomic E-state index is 0.0592. The Kier molecular flexibility index (Phi) is 14.0. The van der Waals surface area contributed by atoms with E-state index in [-0.39, 0.29) is 69.0 Å². The number of methoxy groups -OCH3 is 1. The number of hydrogen-bond acceptors (Lipinski definition) is 11. The molecule has 0 aliphatic heterocycles. The number of esters is 1. The first-order chi connectivity index (χ1) is 25.2. The predicted octanol–water partition coefficient (Wildman–Crippen LogP) is 1.61. The third-order valence-electron chi connectivity index (χ3n) is 11.8. The molecule has 9 atom stereocenters. The third-order valence-corrected chi connectivity index (χ3v) is 12.2. The van der Waals surface area contributed by atoms with E-state index >= 15 is 0 Å². The second kappa shape index (κ2) is 18.0. The van der Waals surface area contributed by atoms with Crippen LogP contribution in [0.4, 0.5) is 0 Å². The molecular formula is C36H54N3O13P. The van der Waals surface area contributed by atoms with Crippen molar-refractivity contribution in [1.29, 1.82) is 0 Å². The molecule has 0 saturated heterocycles. The van der Waals surface area contributed by atoms with Gasteiger partial charge in [0.2, 0.25) is 17.7 Å². The fraction of sp³-hybridized carbons (Fsp3) is 0.722. The van der Waals surface area contributed by atoms with Crippen molar-refractivity contribution in [3.63, 3.8) is 0 Å². The topological polar surface area (TPSA) is 242 Å². The van der Waals surface area contributed by atoms with Crippen molar-refractivity contribution in [2.75, 3.05) is 40.1 Å². The van der Waals surface area contributed by atoms with Gasteiger partial charge in [0.25, 0.3) is 0 Å². The minimum atomic E-state index is -4.62. The van der Waals surface area contributed by atoms with Crippen LogP contribution in [0.25, 0.3) is 0 Å². The molecule has 0 bridgehead atoms. The van der Waals surface area contributed by atoms with Crippen LogP contribution in [-0.2, 0) is 49.1 Å². The number of carbonyl (C=O) groups excluding carboxylic acids is 4. The van der Waals surface area contributed by atoms with Crippen molar-refractivity contribution < 1.29 is 62.1 Å². The number of fused-ring (bicyclic) bond motifs is 5. The molecule has 0 spiro atoms. The van der Waals surface area contributed by atoms with E-state index in [1.54, 1.807) is 12.1 Å². The fourth-order valence-electron chi connectivity index (χ4n) is 9.26. The summed E-state index contributed by atoms with van der Waals surface area (Å²) in [4.78, 5) is 67.4. The number of phosphoric acid groups is 1. The number of benzene rings is 1. The lowest BCUT2D eigenvalue weighted by atomic mass is 9.55. The highest BCUT2D eigenvalue weighted by atomic mass is 31.2. The van der Waals surface area contributed by atoms with Crippen LogP contribution in [0.15, 0.2) is 18.2 Å². The second-order valence-corrected chi connectivity index (χ2v) is 16.1. The summed E-state index contributed by atoms with van der Waals surface area (Å²) in [5, 5.41) is 15.9. The van der Waals surface area contributed by atoms with Gasteiger partial charge in [0.05, 0.1) is 44.0 Å². The summed E-state index contributed by atoms with van der Waals surface area (Å²) in [5.41, 5.74) is 7.58. The zero-order chi connectivity index (χ0) is 38.3. The summed E-state index contributed by atoms with van der Waals surface area (Å²) < 4.78 is 38.3. The van der Waals surface area contributed by atoms with Gasteiger partial charge in [-0.3, -0.25) is 24.2 Å². The van der Waals surface area contributed by atoms with Gasteiger partial charge in [-0.25, -0.2) is 9.36 Å². The zero-order valence-electron chi connectivity index (χ0n) is 30.4. The number of aliphatic hydroxyl groups is 1. The number of aliphatic hydroxyl groups excluding tert-OH is 1. The molecule has 1 aromatic carbocycles. The first kappa shape index (κ1) is 41.1. The van der Waals surface area contributed by atoms with Crippen molar-refractivity contribution >= 4 is 31.5 Å². The average molecular weight is 768 g/mol. The van der Waals surface area contributed by atoms with Gasteiger partial charge >= 0.3 is 13.8 Å². The minimum Gasteiger partial charge on any atom is -0.460 e. The van der Waals surface area contributed by atoms with E-state index < -0.39 is 49.8 Å². The molecule has 1 aromatic rings. The first-order valence-corrected chi connectivity index (χ1v) is 20.0. The van der Waals surface area contributed by atoms with E-state index in [1.165, 1.54) is 12.7 Å². The molecule has 4 aliphatic rings. The normalized spacial score (nSPS) is 30.7. The number of nitrogens with one attached hydrogen (secondary N) is 2. The lowest BCUT2D eigenvalue weighted by Gasteiger charge is -2.50. The number of phosphoric ester groups is 1. The Hall–Kier alpha value is -3.11. The molecule has 53 heavy (non-hydrogen) atoms. The molecule has 0 aromatic heterocycles. The van der Waals surface area contributed by atoms with E-state index in [0.29, 0.717) is 30.6 Å². The van der Waals surface area contributed by atoms with Gasteiger partial charge in [0.15, 0.2) is 0 Å². The maximum Gasteiger partial charge on any atom is 0.524 e. The Morgan fingerprint density at radius 2 is 1.74 bits per heavy atom. The lowest BCUT2D eigenvalue weighted by molar-refractivity contribution is -0.163. The van der Waals surface area contributed by atoms with Gasteiger partial charge in [-0.2, -0.15) is 0 Å². The smallest absolute Gasteiger partial charge is 0.460 e. The number of hydrogen-bond donors (Lipinski definition) is 6. The molecule has 3 amide bonds. The first-order valence-electron chi connectivity index (χ1n) is 18.5. The summed E-state index contributed by atoms with van der Waals surface area (Å²) in [5.74, 6) is -1.41. The van der Waals surface area contributed by atoms with Crippen molar-refractivity contribution in [2.24, 2.45) is 28.9 Å². The van der Waals surface area contributed by atoms with Gasteiger partial charge in [0.1, 0.15) is 18.5 Å². The monoisotopic (exact) mass is 767 g/mol. The molecule has 3 fully saturated rings. The number of amides is 3. The number of nitrogens with two attached hydrogens (primary N) is 1. The number of carbonyl (C=O) groups is 4. The summed E-state index contributed by atoms with van der Waals surface area (Å²) in [6.07, 6.45) is 4.24. The molecule has 16 nitrogen and oxygen atoms in total. The van der Waals surface area contributed by atoms with Crippen molar-refractivity contribution in [3.05, 3.63) is 29.3 Å². The molecule has 17 heteroatoms. The highest BCUT2D eigenvalue weighted by molar-refractivity contribution is 7.46. The van der Waals surface area contributed by atoms with Crippen LogP contribution >= 0.6 is 7.82 Å². The lowest BCUT2D eigenvalue weighted by Crippen LogP contribution is -2.57. The van der Waals surface area contributed by atoms with Gasteiger partial charge in [-0.05, 0) is 92.4 Å². The molecule has 0 heterocycles. The van der Waals surface area contributed by atoms with E-state index in [9.17, 15) is 38.6 Å². The van der Waals surface area contributed by atoms with Gasteiger partial charge in [-0.1, -0.05) is 13.0 Å². The van der Waals surface area contributed by atoms with E-state index in [1.807, 2.05) is 6.07 Å². The summed E-state index contributed by atoms with van der Waals surface area (Å²) in [6.45, 7) is 2.87. The summed E-state index contributed by atoms with van der Waals surface area (Å²) in [7, 11) is -3.18. The summed E-state index contributed by atoms with van der Waals surface area (Å²) >= 11 is 0. The van der Waals surface area contributed by atoms with Crippen LogP contribution in [0, 0.1) is 23.2 Å². The SMILES string of the molecule is COC1CCC(NC(=O)CCC(=O)NCCOCCOCC(=O)OC2CCC3C4CCc5cc(OP(=O)(O)O)ccc5C4CCC23C)C(O)C1C(N)=O. The Bertz CT molecular complexity index is 1520. The maximum atomic E-state index is 12.7. The standard InChI is InChI=1S/C36H54N3O13P/c1-36-14-13-24-23-6-4-22(52-53(45,46)47)19-21(23)3-5-25(24)26(36)7-10-29(36)51-32(42)20-50-18-17-49-16-15-38-30(40)11-12-31(41)39-27-8-9-28(48-2)33(34(27)43)35(37)44/h4,6,19,24-29,33-34,43H,3,5,7-18,20H2,1-2H3,(H2,37,44)(H,38,40)(H,39,41)(H2,45,46,47). The zero-order valence-corrected chi connectivity index (χ0v) is 31.3. The van der Waals surface area contributed by atoms with Crippen LogP contribution in [-0.4, -0.2) is 103 Å². The average Bonchev–Trinajstić information content (AvgIpc) is 3.43. The Morgan fingerprint density at radius 1 is 0.981 bits per heavy atom. The number of rotatable bonds is 17. The van der Waals surface area contributed by atoms with Crippen molar-refractivity contribution in [3.8, 4) is 5.75 Å². The van der Waals surface area contributed by atoms with Crippen LogP contribution < -0.4 is 20.9 Å². The maximum absolute atomic E-state index is 12.7. The Labute approximate surface area is 309 Å². The van der Waals surface area contributed by atoms with Gasteiger partial charge in [-0.15, -0.1) is 0 Å². The quantitative estimate of drug-likeness (QED) is 0.0751. The number of primary amides is 1. The molecule has 3 saturated carbocycles. The van der Waals surface area contributed by atoms with Gasteiger partial charge in [0, 0.05) is 31.9 Å². The number of aryl methyl sites for hydroxylation is 1. The van der Waals surface area contributed by atoms with Crippen molar-refractivity contribution in [1.82, 2.24) is 10.6 Å². The van der Waals surface area contributed by atoms with Crippen LogP contribution in [0.2, 0.25) is 0 Å². The largest absolute Gasteiger partial charge is 0.524 e. The highest BCUT2D eigenvalue weighted by Gasteiger charge is 2.56. The van der Waals surface area contributed by atoms with Gasteiger partial charge < -0.3 is 44.9 Å². The van der Waals surface area contributed by atoms with Crippen LogP contribution in [0.3, 0.4) is 0 Å². The third kappa shape index (κ3) is 10.4. The molecular weight excluding hydrogens is 713 g/mol. The Balaban J connectivity index is 0.926. The molecule has 0 radical (unpaired) electrons. The number of ether oxygens (including phenoxy) is 4. The second-order valence-electron chi connectivity index (χ2n) is 14.9. The molecule has 5 rings (SSSR count). The van der Waals surface area contributed by atoms with Crippen molar-refractivity contribution in [2.45, 2.75) is 101 Å². The molecule has 4 aliphatic carbocycles. The molecule has 7 N–H and O–H groups in total. The van der Waals surface area contributed by atoms with Crippen LogP contribution in [0.5, 0.6) is 5.75 Å². The molecule has 296 valence electrons. The molecule has 9 unspecified atom stereocenters. The highest BCUT2D eigenvalue weighted by Crippen LogP contribution is 2.61.